The van der Waals surface area contributed by atoms with E-state index in [9.17, 15) is 4.79 Å². The van der Waals surface area contributed by atoms with Gasteiger partial charge in [-0.2, -0.15) is 0 Å². The Hall–Kier alpha value is -0.570. The standard InChI is InChI=1S/C8H15NO2/c1-8(7(10)11)5-3-2-4-6(8)9/h6H,2-5,9H2,1H3,(H,10,11)/t6-,8-/m1/s1. The van der Waals surface area contributed by atoms with Crippen LogP contribution >= 0.6 is 0 Å². The molecule has 0 bridgehead atoms. The Morgan fingerprint density at radius 2 is 2.27 bits per heavy atom. The molecule has 1 aliphatic carbocycles. The maximum absolute atomic E-state index is 10.8. The van der Waals surface area contributed by atoms with Gasteiger partial charge in [-0.15, -0.1) is 0 Å². The van der Waals surface area contributed by atoms with Gasteiger partial charge in [0.2, 0.25) is 0 Å². The fourth-order valence-electron chi connectivity index (χ4n) is 1.63. The van der Waals surface area contributed by atoms with Crippen LogP contribution in [-0.2, 0) is 4.79 Å². The molecule has 0 spiro atoms. The van der Waals surface area contributed by atoms with Crippen LogP contribution in [-0.4, -0.2) is 17.1 Å². The number of carboxylic acid groups (broad SMARTS) is 1. The number of rotatable bonds is 1. The zero-order valence-corrected chi connectivity index (χ0v) is 6.84. The highest BCUT2D eigenvalue weighted by molar-refractivity contribution is 5.75. The SMILES string of the molecule is C[C@@]1(C(=O)O)CCCC[C@H]1N. The Bertz CT molecular complexity index is 169. The normalized spacial score (nSPS) is 38.5. The van der Waals surface area contributed by atoms with E-state index >= 15 is 0 Å². The summed E-state index contributed by atoms with van der Waals surface area (Å²) >= 11 is 0. The zero-order chi connectivity index (χ0) is 8.48. The molecule has 1 aliphatic rings. The second-order valence-electron chi connectivity index (χ2n) is 3.57. The van der Waals surface area contributed by atoms with E-state index in [1.165, 1.54) is 0 Å². The van der Waals surface area contributed by atoms with Crippen molar-refractivity contribution in [2.24, 2.45) is 11.1 Å². The average molecular weight is 157 g/mol. The van der Waals surface area contributed by atoms with Gasteiger partial charge in [-0.25, -0.2) is 0 Å². The molecule has 0 heterocycles. The second-order valence-corrected chi connectivity index (χ2v) is 3.57. The minimum Gasteiger partial charge on any atom is -0.481 e. The van der Waals surface area contributed by atoms with E-state index in [2.05, 4.69) is 0 Å². The average Bonchev–Trinajstić information content (AvgIpc) is 1.95. The van der Waals surface area contributed by atoms with Gasteiger partial charge in [0, 0.05) is 6.04 Å². The molecule has 0 saturated heterocycles. The van der Waals surface area contributed by atoms with Crippen LogP contribution in [0.25, 0.3) is 0 Å². The third-order valence-corrected chi connectivity index (χ3v) is 2.77. The van der Waals surface area contributed by atoms with Crippen molar-refractivity contribution in [3.05, 3.63) is 0 Å². The maximum Gasteiger partial charge on any atom is 0.310 e. The van der Waals surface area contributed by atoms with Gasteiger partial charge in [0.1, 0.15) is 0 Å². The van der Waals surface area contributed by atoms with Crippen molar-refractivity contribution in [1.29, 1.82) is 0 Å². The molecule has 0 aliphatic heterocycles. The first-order valence-corrected chi connectivity index (χ1v) is 4.06. The van der Waals surface area contributed by atoms with Crippen LogP contribution in [0.4, 0.5) is 0 Å². The van der Waals surface area contributed by atoms with Gasteiger partial charge >= 0.3 is 5.97 Å². The molecule has 0 amide bonds. The molecule has 1 fully saturated rings. The molecule has 11 heavy (non-hydrogen) atoms. The van der Waals surface area contributed by atoms with Gasteiger partial charge in [0.25, 0.3) is 0 Å². The molecule has 0 unspecified atom stereocenters. The Labute approximate surface area is 66.6 Å². The largest absolute Gasteiger partial charge is 0.481 e. The first-order chi connectivity index (χ1) is 5.07. The predicted octanol–water partition coefficient (Wildman–Crippen LogP) is 0.979. The fraction of sp³-hybridized carbons (Fsp3) is 0.875. The first kappa shape index (κ1) is 8.53. The summed E-state index contributed by atoms with van der Waals surface area (Å²) in [6, 6.07) is -0.159. The van der Waals surface area contributed by atoms with Gasteiger partial charge in [-0.3, -0.25) is 4.79 Å². The molecule has 2 atom stereocenters. The van der Waals surface area contributed by atoms with Crippen LogP contribution < -0.4 is 5.73 Å². The summed E-state index contributed by atoms with van der Waals surface area (Å²) in [5.41, 5.74) is 5.06. The number of carbonyl (C=O) groups is 1. The Morgan fingerprint density at radius 1 is 1.64 bits per heavy atom. The number of nitrogens with two attached hydrogens (primary N) is 1. The molecule has 64 valence electrons. The van der Waals surface area contributed by atoms with Gasteiger partial charge < -0.3 is 10.8 Å². The van der Waals surface area contributed by atoms with Gasteiger partial charge in [0.15, 0.2) is 0 Å². The summed E-state index contributed by atoms with van der Waals surface area (Å²) in [6.07, 6.45) is 3.65. The molecule has 0 aromatic rings. The zero-order valence-electron chi connectivity index (χ0n) is 6.84. The molecular formula is C8H15NO2. The summed E-state index contributed by atoms with van der Waals surface area (Å²) < 4.78 is 0. The fourth-order valence-corrected chi connectivity index (χ4v) is 1.63. The van der Waals surface area contributed by atoms with E-state index in [4.69, 9.17) is 10.8 Å². The van der Waals surface area contributed by atoms with E-state index < -0.39 is 11.4 Å². The van der Waals surface area contributed by atoms with Crippen molar-refractivity contribution in [2.75, 3.05) is 0 Å². The summed E-state index contributed by atoms with van der Waals surface area (Å²) in [5.74, 6) is -0.746. The molecule has 0 aromatic heterocycles. The van der Waals surface area contributed by atoms with Crippen LogP contribution in [0.3, 0.4) is 0 Å². The second kappa shape index (κ2) is 2.81. The summed E-state index contributed by atoms with van der Waals surface area (Å²) in [7, 11) is 0. The predicted molar refractivity (Wildman–Crippen MR) is 42.2 cm³/mol. The van der Waals surface area contributed by atoms with Crippen LogP contribution in [0, 0.1) is 5.41 Å². The smallest absolute Gasteiger partial charge is 0.310 e. The van der Waals surface area contributed by atoms with Gasteiger partial charge in [0.05, 0.1) is 5.41 Å². The Kier molecular flexibility index (Phi) is 2.18. The van der Waals surface area contributed by atoms with E-state index in [-0.39, 0.29) is 6.04 Å². The van der Waals surface area contributed by atoms with E-state index in [0.717, 1.165) is 25.7 Å². The Morgan fingerprint density at radius 3 is 2.64 bits per heavy atom. The third kappa shape index (κ3) is 1.38. The molecule has 3 heteroatoms. The van der Waals surface area contributed by atoms with Gasteiger partial charge in [-0.05, 0) is 19.8 Å². The lowest BCUT2D eigenvalue weighted by Gasteiger charge is -2.35. The van der Waals surface area contributed by atoms with Crippen LogP contribution in [0.2, 0.25) is 0 Å². The van der Waals surface area contributed by atoms with E-state index in [0.29, 0.717) is 0 Å². The monoisotopic (exact) mass is 157 g/mol. The highest BCUT2D eigenvalue weighted by atomic mass is 16.4. The van der Waals surface area contributed by atoms with Gasteiger partial charge in [-0.1, -0.05) is 12.8 Å². The third-order valence-electron chi connectivity index (χ3n) is 2.77. The molecule has 0 radical (unpaired) electrons. The molecule has 0 aromatic carbocycles. The molecule has 3 N–H and O–H groups in total. The summed E-state index contributed by atoms with van der Waals surface area (Å²) in [4.78, 5) is 10.8. The Balaban J connectivity index is 2.72. The van der Waals surface area contributed by atoms with Crippen molar-refractivity contribution >= 4 is 5.97 Å². The maximum atomic E-state index is 10.8. The first-order valence-electron chi connectivity index (χ1n) is 4.06. The minimum absolute atomic E-state index is 0.159. The number of aliphatic carboxylic acids is 1. The lowest BCUT2D eigenvalue weighted by atomic mass is 9.72. The summed E-state index contributed by atoms with van der Waals surface area (Å²) in [6.45, 7) is 1.75. The number of carboxylic acids is 1. The highest BCUT2D eigenvalue weighted by Crippen LogP contribution is 2.34. The number of hydrogen-bond acceptors (Lipinski definition) is 2. The van der Waals surface area contributed by atoms with Crippen molar-refractivity contribution in [1.82, 2.24) is 0 Å². The summed E-state index contributed by atoms with van der Waals surface area (Å²) in [5, 5.41) is 8.89. The van der Waals surface area contributed by atoms with E-state index in [1.54, 1.807) is 6.92 Å². The van der Waals surface area contributed by atoms with Crippen LogP contribution in [0.5, 0.6) is 0 Å². The minimum atomic E-state index is -0.746. The topological polar surface area (TPSA) is 63.3 Å². The molecule has 1 rings (SSSR count). The molecule has 1 saturated carbocycles. The van der Waals surface area contributed by atoms with Crippen molar-refractivity contribution in [3.8, 4) is 0 Å². The van der Waals surface area contributed by atoms with Crippen molar-refractivity contribution in [3.63, 3.8) is 0 Å². The lowest BCUT2D eigenvalue weighted by Crippen LogP contribution is -2.47. The van der Waals surface area contributed by atoms with Crippen LogP contribution in [0.15, 0.2) is 0 Å². The quantitative estimate of drug-likeness (QED) is 0.596. The highest BCUT2D eigenvalue weighted by Gasteiger charge is 2.40. The van der Waals surface area contributed by atoms with Crippen molar-refractivity contribution in [2.45, 2.75) is 38.6 Å². The molecule has 3 nitrogen and oxygen atoms in total. The lowest BCUT2D eigenvalue weighted by molar-refractivity contribution is -0.150. The number of hydrogen-bond donors (Lipinski definition) is 2. The molecular weight excluding hydrogens is 142 g/mol. The van der Waals surface area contributed by atoms with E-state index in [1.807, 2.05) is 0 Å². The van der Waals surface area contributed by atoms with Crippen molar-refractivity contribution < 1.29 is 9.90 Å². The van der Waals surface area contributed by atoms with Crippen LogP contribution in [0.1, 0.15) is 32.6 Å².